The molecule has 0 bridgehead atoms. The van der Waals surface area contributed by atoms with Crippen LogP contribution in [0.5, 0.6) is 11.5 Å². The molecular weight excluding hydrogens is 196 g/mol. The largest absolute Gasteiger partial charge is 0.464 e. The van der Waals surface area contributed by atoms with Crippen molar-refractivity contribution in [3.05, 3.63) is 30.7 Å². The number of hydrogen-bond acceptors (Lipinski definition) is 4. The third kappa shape index (κ3) is 3.77. The van der Waals surface area contributed by atoms with Gasteiger partial charge in [-0.05, 0) is 24.6 Å². The summed E-state index contributed by atoms with van der Waals surface area (Å²) in [6, 6.07) is 5.12. The van der Waals surface area contributed by atoms with Crippen LogP contribution in [-0.2, 0) is 9.47 Å². The first-order valence-electron chi connectivity index (χ1n) is 4.41. The Bertz CT molecular complexity index is 299. The highest BCUT2D eigenvalue weighted by molar-refractivity contribution is 5.43. The van der Waals surface area contributed by atoms with Gasteiger partial charge in [0.15, 0.2) is 25.1 Å². The SMILES string of the molecule is [CH]c1ccc(OCOC)c(OCOC)c1. The zero-order valence-electron chi connectivity index (χ0n) is 8.86. The minimum absolute atomic E-state index is 0.146. The first kappa shape index (κ1) is 11.8. The highest BCUT2D eigenvalue weighted by Gasteiger charge is 2.05. The summed E-state index contributed by atoms with van der Waals surface area (Å²) in [6.07, 6.45) is 0. The Morgan fingerprint density at radius 1 is 1.00 bits per heavy atom. The molecule has 1 aromatic carbocycles. The van der Waals surface area contributed by atoms with E-state index in [0.717, 1.165) is 0 Å². The van der Waals surface area contributed by atoms with E-state index in [-0.39, 0.29) is 13.6 Å². The molecule has 0 atom stereocenters. The Hall–Kier alpha value is -1.26. The van der Waals surface area contributed by atoms with E-state index in [0.29, 0.717) is 17.1 Å². The van der Waals surface area contributed by atoms with Gasteiger partial charge in [0.1, 0.15) is 0 Å². The van der Waals surface area contributed by atoms with Crippen molar-refractivity contribution in [3.63, 3.8) is 0 Å². The van der Waals surface area contributed by atoms with Crippen LogP contribution in [0.2, 0.25) is 0 Å². The van der Waals surface area contributed by atoms with Crippen molar-refractivity contribution in [3.8, 4) is 11.5 Å². The number of ether oxygens (including phenoxy) is 4. The van der Waals surface area contributed by atoms with E-state index in [1.165, 1.54) is 0 Å². The summed E-state index contributed by atoms with van der Waals surface area (Å²) in [7, 11) is 3.09. The van der Waals surface area contributed by atoms with Crippen LogP contribution >= 0.6 is 0 Å². The molecule has 1 aromatic rings. The molecular formula is C11H14O4. The fourth-order valence-electron chi connectivity index (χ4n) is 1.00. The molecule has 15 heavy (non-hydrogen) atoms. The second-order valence-corrected chi connectivity index (χ2v) is 2.81. The second kappa shape index (κ2) is 6.27. The van der Waals surface area contributed by atoms with Crippen LogP contribution in [-0.4, -0.2) is 27.8 Å². The number of benzene rings is 1. The topological polar surface area (TPSA) is 36.9 Å². The van der Waals surface area contributed by atoms with Crippen molar-refractivity contribution in [1.82, 2.24) is 0 Å². The molecule has 0 aromatic heterocycles. The second-order valence-electron chi connectivity index (χ2n) is 2.81. The lowest BCUT2D eigenvalue weighted by molar-refractivity contribution is 0.0322. The number of hydrogen-bond donors (Lipinski definition) is 0. The lowest BCUT2D eigenvalue weighted by Gasteiger charge is -2.11. The first-order chi connectivity index (χ1) is 7.27. The van der Waals surface area contributed by atoms with Crippen molar-refractivity contribution in [2.45, 2.75) is 0 Å². The summed E-state index contributed by atoms with van der Waals surface area (Å²) in [5.41, 5.74) is 0.603. The van der Waals surface area contributed by atoms with Gasteiger partial charge in [-0.25, -0.2) is 0 Å². The zero-order chi connectivity index (χ0) is 11.1. The van der Waals surface area contributed by atoms with Gasteiger partial charge in [-0.1, -0.05) is 6.07 Å². The van der Waals surface area contributed by atoms with Crippen LogP contribution in [0.25, 0.3) is 0 Å². The van der Waals surface area contributed by atoms with Crippen molar-refractivity contribution in [2.24, 2.45) is 0 Å². The van der Waals surface area contributed by atoms with Gasteiger partial charge >= 0.3 is 0 Å². The monoisotopic (exact) mass is 210 g/mol. The fraction of sp³-hybridized carbons (Fsp3) is 0.364. The van der Waals surface area contributed by atoms with Gasteiger partial charge in [0, 0.05) is 14.2 Å². The van der Waals surface area contributed by atoms with Crippen LogP contribution < -0.4 is 9.47 Å². The van der Waals surface area contributed by atoms with Crippen LogP contribution in [0.3, 0.4) is 0 Å². The Kier molecular flexibility index (Phi) is 4.93. The van der Waals surface area contributed by atoms with E-state index in [1.54, 1.807) is 32.4 Å². The lowest BCUT2D eigenvalue weighted by Crippen LogP contribution is -2.04. The first-order valence-corrected chi connectivity index (χ1v) is 4.41. The van der Waals surface area contributed by atoms with Crippen LogP contribution in [0, 0.1) is 6.92 Å². The van der Waals surface area contributed by atoms with Gasteiger partial charge in [0.25, 0.3) is 0 Å². The van der Waals surface area contributed by atoms with Crippen LogP contribution in [0.15, 0.2) is 18.2 Å². The predicted molar refractivity (Wildman–Crippen MR) is 54.9 cm³/mol. The van der Waals surface area contributed by atoms with Crippen molar-refractivity contribution in [2.75, 3.05) is 27.8 Å². The van der Waals surface area contributed by atoms with Crippen molar-refractivity contribution in [1.29, 1.82) is 0 Å². The summed E-state index contributed by atoms with van der Waals surface area (Å²) < 4.78 is 20.2. The molecule has 0 aliphatic rings. The number of rotatable bonds is 6. The molecule has 0 saturated carbocycles. The molecule has 82 valence electrons. The molecule has 0 amide bonds. The van der Waals surface area contributed by atoms with Crippen LogP contribution in [0.1, 0.15) is 5.56 Å². The molecule has 0 saturated heterocycles. The molecule has 4 heteroatoms. The minimum Gasteiger partial charge on any atom is -0.464 e. The van der Waals surface area contributed by atoms with E-state index < -0.39 is 0 Å². The third-order valence-electron chi connectivity index (χ3n) is 1.63. The highest BCUT2D eigenvalue weighted by Crippen LogP contribution is 2.28. The Labute approximate surface area is 89.7 Å². The molecule has 0 heterocycles. The molecule has 0 N–H and O–H groups in total. The molecule has 0 aliphatic heterocycles. The molecule has 2 radical (unpaired) electrons. The Morgan fingerprint density at radius 2 is 1.60 bits per heavy atom. The Morgan fingerprint density at radius 3 is 2.20 bits per heavy atom. The van der Waals surface area contributed by atoms with Gasteiger partial charge in [-0.3, -0.25) is 0 Å². The van der Waals surface area contributed by atoms with Gasteiger partial charge in [-0.15, -0.1) is 0 Å². The lowest BCUT2D eigenvalue weighted by atomic mass is 10.2. The van der Waals surface area contributed by atoms with Gasteiger partial charge < -0.3 is 18.9 Å². The van der Waals surface area contributed by atoms with Gasteiger partial charge in [0.2, 0.25) is 0 Å². The maximum atomic E-state index is 5.62. The van der Waals surface area contributed by atoms with Crippen molar-refractivity contribution < 1.29 is 18.9 Å². The van der Waals surface area contributed by atoms with Crippen molar-refractivity contribution >= 4 is 0 Å². The molecule has 0 fully saturated rings. The highest BCUT2D eigenvalue weighted by atomic mass is 16.7. The maximum absolute atomic E-state index is 5.62. The van der Waals surface area contributed by atoms with E-state index in [2.05, 4.69) is 0 Å². The molecule has 4 nitrogen and oxygen atoms in total. The zero-order valence-corrected chi connectivity index (χ0v) is 8.86. The van der Waals surface area contributed by atoms with Gasteiger partial charge in [-0.2, -0.15) is 0 Å². The summed E-state index contributed by atoms with van der Waals surface area (Å²) in [5, 5.41) is 0. The summed E-state index contributed by atoms with van der Waals surface area (Å²) in [6.45, 7) is 5.93. The quantitative estimate of drug-likeness (QED) is 0.670. The van der Waals surface area contributed by atoms with E-state index in [1.807, 2.05) is 0 Å². The summed E-state index contributed by atoms with van der Waals surface area (Å²) in [4.78, 5) is 0. The summed E-state index contributed by atoms with van der Waals surface area (Å²) >= 11 is 0. The average Bonchev–Trinajstić information content (AvgIpc) is 2.25. The smallest absolute Gasteiger partial charge is 0.188 e. The van der Waals surface area contributed by atoms with E-state index in [9.17, 15) is 0 Å². The molecule has 0 spiro atoms. The molecule has 0 aliphatic carbocycles. The fourth-order valence-corrected chi connectivity index (χ4v) is 1.00. The normalized spacial score (nSPS) is 10.1. The maximum Gasteiger partial charge on any atom is 0.188 e. The van der Waals surface area contributed by atoms with Gasteiger partial charge in [0.05, 0.1) is 0 Å². The predicted octanol–water partition coefficient (Wildman–Crippen LogP) is 1.71. The third-order valence-corrected chi connectivity index (χ3v) is 1.63. The minimum atomic E-state index is 0.146. The Balaban J connectivity index is 2.73. The van der Waals surface area contributed by atoms with E-state index >= 15 is 0 Å². The van der Waals surface area contributed by atoms with Crippen LogP contribution in [0.4, 0.5) is 0 Å². The number of methoxy groups -OCH3 is 2. The van der Waals surface area contributed by atoms with E-state index in [4.69, 9.17) is 25.9 Å². The average molecular weight is 210 g/mol. The standard InChI is InChI=1S/C11H14O4/c1-9-4-5-10(14-7-12-2)11(6-9)15-8-13-3/h1,4-6H,7-8H2,2-3H3. The summed E-state index contributed by atoms with van der Waals surface area (Å²) in [5.74, 6) is 1.11. The molecule has 0 unspecified atom stereocenters. The molecule has 1 rings (SSSR count).